The third-order valence-electron chi connectivity index (χ3n) is 7.36. The number of quaternary nitrogens is 2. The molecule has 0 amide bonds. The summed E-state index contributed by atoms with van der Waals surface area (Å²) in [6.07, 6.45) is 34.8. The minimum absolute atomic E-state index is 1.12. The molecule has 0 bridgehead atoms. The van der Waals surface area contributed by atoms with E-state index in [2.05, 4.69) is 56.1 Å². The fourth-order valence-electron chi connectivity index (χ4n) is 4.85. The first-order chi connectivity index (χ1) is 19.1. The Morgan fingerprint density at radius 3 is 0.659 bits per heavy atom. The van der Waals surface area contributed by atoms with Crippen LogP contribution in [0.5, 0.6) is 0 Å². The van der Waals surface area contributed by atoms with Gasteiger partial charge < -0.3 is 18.1 Å². The van der Waals surface area contributed by atoms with Crippen LogP contribution in [0.2, 0.25) is 0 Å². The van der Waals surface area contributed by atoms with E-state index in [1.54, 1.807) is 0 Å². The minimum Gasteiger partial charge on any atom is -0.759 e. The van der Waals surface area contributed by atoms with E-state index >= 15 is 0 Å². The second-order valence-electron chi connectivity index (χ2n) is 14.2. The van der Waals surface area contributed by atoms with Crippen molar-refractivity contribution in [2.75, 3.05) is 55.4 Å². The van der Waals surface area contributed by atoms with Crippen LogP contribution in [0.1, 0.15) is 168 Å². The van der Waals surface area contributed by atoms with Gasteiger partial charge in [0, 0.05) is 10.4 Å². The van der Waals surface area contributed by atoms with Crippen molar-refractivity contribution in [2.45, 2.75) is 168 Å². The maximum atomic E-state index is 8.52. The number of nitrogens with zero attached hydrogens (tertiary/aromatic N) is 2. The summed E-state index contributed by atoms with van der Waals surface area (Å²) in [6, 6.07) is 0. The Labute approximate surface area is 259 Å². The van der Waals surface area contributed by atoms with Crippen molar-refractivity contribution in [3.63, 3.8) is 0 Å². The molecule has 0 heterocycles. The molecule has 0 N–H and O–H groups in total. The van der Waals surface area contributed by atoms with E-state index in [1.165, 1.54) is 167 Å². The summed E-state index contributed by atoms with van der Waals surface area (Å²) in [5.41, 5.74) is 0. The van der Waals surface area contributed by atoms with Crippen LogP contribution in [0.25, 0.3) is 0 Å². The zero-order valence-electron chi connectivity index (χ0n) is 29.3. The van der Waals surface area contributed by atoms with Gasteiger partial charge in [0.1, 0.15) is 0 Å². The lowest BCUT2D eigenvalue weighted by atomic mass is 10.1. The van der Waals surface area contributed by atoms with Gasteiger partial charge in [-0.3, -0.25) is 8.42 Å². The quantitative estimate of drug-likeness (QED) is 0.0424. The molecular weight excluding hydrogens is 532 g/mol. The summed E-state index contributed by atoms with van der Waals surface area (Å²) in [5.74, 6) is 0. The Kier molecular flexibility index (Phi) is 34.4. The van der Waals surface area contributed by atoms with Gasteiger partial charge >= 0.3 is 0 Å². The van der Waals surface area contributed by atoms with Crippen LogP contribution in [0.4, 0.5) is 0 Å². The molecule has 0 unspecified atom stereocenters. The molecule has 0 saturated heterocycles. The molecule has 0 aromatic heterocycles. The Morgan fingerprint density at radius 2 is 0.512 bits per heavy atom. The molecule has 0 aliphatic heterocycles. The van der Waals surface area contributed by atoms with Crippen LogP contribution in [0.15, 0.2) is 0 Å². The Bertz CT molecular complexity index is 553. The molecule has 0 aliphatic rings. The zero-order chi connectivity index (χ0) is 31.9. The van der Waals surface area contributed by atoms with Gasteiger partial charge in [0.25, 0.3) is 0 Å². The van der Waals surface area contributed by atoms with Crippen molar-refractivity contribution in [2.24, 2.45) is 0 Å². The number of hydrogen-bond donors (Lipinski definition) is 0. The van der Waals surface area contributed by atoms with Crippen molar-refractivity contribution in [3.05, 3.63) is 0 Å². The van der Waals surface area contributed by atoms with Crippen molar-refractivity contribution < 1.29 is 26.5 Å². The van der Waals surface area contributed by atoms with E-state index < -0.39 is 10.4 Å². The molecule has 0 saturated carbocycles. The average molecular weight is 609 g/mol. The first-order valence-electron chi connectivity index (χ1n) is 17.4. The van der Waals surface area contributed by atoms with Gasteiger partial charge in [-0.1, -0.05) is 142 Å². The molecule has 0 spiro atoms. The Hall–Kier alpha value is -0.210. The molecule has 41 heavy (non-hydrogen) atoms. The van der Waals surface area contributed by atoms with Gasteiger partial charge in [0.2, 0.25) is 0 Å². The first-order valence-corrected chi connectivity index (χ1v) is 18.7. The molecule has 252 valence electrons. The monoisotopic (exact) mass is 609 g/mol. The van der Waals surface area contributed by atoms with E-state index in [-0.39, 0.29) is 0 Å². The van der Waals surface area contributed by atoms with Gasteiger partial charge in [-0.25, -0.2) is 0 Å². The van der Waals surface area contributed by atoms with Crippen molar-refractivity contribution in [3.8, 4) is 0 Å². The van der Waals surface area contributed by atoms with Crippen molar-refractivity contribution in [1.82, 2.24) is 0 Å². The standard InChI is InChI=1S/2C17H38N.H2O4S/c2*1-5-6-7-8-9-10-11-12-13-14-15-16-17-18(2,3)4;1-5(2,3)4/h2*5-17H2,1-4H3;(H2,1,2,3,4)/q2*+1;/p-2. The molecule has 0 aromatic carbocycles. The van der Waals surface area contributed by atoms with Crippen molar-refractivity contribution in [1.29, 1.82) is 0 Å². The van der Waals surface area contributed by atoms with E-state index in [4.69, 9.17) is 17.5 Å². The predicted molar refractivity (Wildman–Crippen MR) is 178 cm³/mol. The predicted octanol–water partition coefficient (Wildman–Crippen LogP) is 9.45. The highest BCUT2D eigenvalue weighted by molar-refractivity contribution is 7.79. The summed E-state index contributed by atoms with van der Waals surface area (Å²) >= 11 is 0. The van der Waals surface area contributed by atoms with Crippen LogP contribution < -0.4 is 0 Å². The zero-order valence-corrected chi connectivity index (χ0v) is 30.1. The van der Waals surface area contributed by atoms with Gasteiger partial charge in [0.05, 0.1) is 55.4 Å². The molecule has 0 aliphatic carbocycles. The summed E-state index contributed by atoms with van der Waals surface area (Å²) in [6.45, 7) is 7.24. The molecule has 0 fully saturated rings. The summed E-state index contributed by atoms with van der Waals surface area (Å²) in [5, 5.41) is 0. The van der Waals surface area contributed by atoms with Crippen molar-refractivity contribution >= 4 is 10.4 Å². The molecule has 0 atom stereocenters. The van der Waals surface area contributed by atoms with Gasteiger partial charge in [0.15, 0.2) is 0 Å². The lowest BCUT2D eigenvalue weighted by molar-refractivity contribution is -0.870. The van der Waals surface area contributed by atoms with E-state index in [1.807, 2.05) is 0 Å². The lowest BCUT2D eigenvalue weighted by Gasteiger charge is -2.23. The fourth-order valence-corrected chi connectivity index (χ4v) is 4.85. The van der Waals surface area contributed by atoms with Crippen LogP contribution >= 0.6 is 0 Å². The van der Waals surface area contributed by atoms with Crippen LogP contribution in [-0.4, -0.2) is 81.9 Å². The van der Waals surface area contributed by atoms with Crippen LogP contribution in [-0.2, 0) is 10.4 Å². The summed E-state index contributed by atoms with van der Waals surface area (Å²) < 4.78 is 36.3. The van der Waals surface area contributed by atoms with E-state index in [9.17, 15) is 0 Å². The SMILES string of the molecule is CCCCCCCCCCCCCC[N+](C)(C)C.CCCCCCCCCCCCCC[N+](C)(C)C.O=S(=O)([O-])[O-]. The van der Waals surface area contributed by atoms with E-state index in [0.717, 1.165) is 8.97 Å². The summed E-state index contributed by atoms with van der Waals surface area (Å²) in [4.78, 5) is 0. The maximum absolute atomic E-state index is 8.52. The number of unbranched alkanes of at least 4 members (excludes halogenated alkanes) is 22. The smallest absolute Gasteiger partial charge is 0.0780 e. The highest BCUT2D eigenvalue weighted by Crippen LogP contribution is 2.13. The summed E-state index contributed by atoms with van der Waals surface area (Å²) in [7, 11) is 8.57. The third-order valence-corrected chi connectivity index (χ3v) is 7.36. The number of hydrogen-bond acceptors (Lipinski definition) is 4. The maximum Gasteiger partial charge on any atom is 0.0780 e. The second-order valence-corrected chi connectivity index (χ2v) is 15.0. The second kappa shape index (κ2) is 31.2. The van der Waals surface area contributed by atoms with E-state index in [0.29, 0.717) is 0 Å². The molecular formula is C34H76N2O4S. The topological polar surface area (TPSA) is 80.3 Å². The Balaban J connectivity index is -0.000000604. The Morgan fingerprint density at radius 1 is 0.366 bits per heavy atom. The molecule has 0 radical (unpaired) electrons. The van der Waals surface area contributed by atoms with Gasteiger partial charge in [-0.15, -0.1) is 0 Å². The van der Waals surface area contributed by atoms with Gasteiger partial charge in [-0.2, -0.15) is 0 Å². The average Bonchev–Trinajstić information content (AvgIpc) is 2.83. The van der Waals surface area contributed by atoms with Gasteiger partial charge in [-0.05, 0) is 25.7 Å². The molecule has 0 rings (SSSR count). The molecule has 6 nitrogen and oxygen atoms in total. The normalized spacial score (nSPS) is 12.0. The third kappa shape index (κ3) is 64.0. The highest BCUT2D eigenvalue weighted by Gasteiger charge is 2.05. The lowest BCUT2D eigenvalue weighted by Crippen LogP contribution is -2.35. The highest BCUT2D eigenvalue weighted by atomic mass is 32.3. The first kappa shape index (κ1) is 45.2. The van der Waals surface area contributed by atoms with Crippen LogP contribution in [0, 0.1) is 0 Å². The largest absolute Gasteiger partial charge is 0.759 e. The van der Waals surface area contributed by atoms with Crippen LogP contribution in [0.3, 0.4) is 0 Å². The molecule has 0 aromatic rings. The minimum atomic E-state index is -5.17. The fraction of sp³-hybridized carbons (Fsp3) is 1.00. The number of rotatable bonds is 26. The molecule has 7 heteroatoms.